The van der Waals surface area contributed by atoms with Gasteiger partial charge in [-0.1, -0.05) is 36.8 Å². The van der Waals surface area contributed by atoms with Gasteiger partial charge in [-0.2, -0.15) is 0 Å². The Balaban J connectivity index is 1.50. The van der Waals surface area contributed by atoms with Gasteiger partial charge in [-0.05, 0) is 32.4 Å². The fourth-order valence-corrected chi connectivity index (χ4v) is 2.61. The van der Waals surface area contributed by atoms with Crippen molar-refractivity contribution in [1.82, 2.24) is 4.90 Å². The van der Waals surface area contributed by atoms with Gasteiger partial charge in [0.1, 0.15) is 0 Å². The van der Waals surface area contributed by atoms with Crippen LogP contribution in [0.3, 0.4) is 0 Å². The molecule has 1 saturated heterocycles. The third-order valence-corrected chi connectivity index (χ3v) is 3.78. The average molecular weight is 275 g/mol. The quantitative estimate of drug-likeness (QED) is 0.539. The first-order chi connectivity index (χ1) is 9.86. The van der Waals surface area contributed by atoms with Crippen LogP contribution in [0.5, 0.6) is 0 Å². The summed E-state index contributed by atoms with van der Waals surface area (Å²) in [5, 5.41) is 0. The molecule has 0 spiro atoms. The third kappa shape index (κ3) is 5.43. The second-order valence-electron chi connectivity index (χ2n) is 5.41. The fraction of sp³-hybridized carbons (Fsp3) is 0.588. The van der Waals surface area contributed by atoms with Crippen LogP contribution in [0.1, 0.15) is 42.5 Å². The zero-order chi connectivity index (χ0) is 14.0. The van der Waals surface area contributed by atoms with E-state index in [1.54, 1.807) is 0 Å². The second kappa shape index (κ2) is 8.88. The first-order valence-corrected chi connectivity index (χ1v) is 7.74. The number of Topliss-reactive ketones (excluding diaryl/α,β-unsaturated/α-hetero) is 1. The van der Waals surface area contributed by atoms with Crippen molar-refractivity contribution in [2.24, 2.45) is 0 Å². The summed E-state index contributed by atoms with van der Waals surface area (Å²) in [6.07, 6.45) is 5.61. The number of rotatable bonds is 8. The molecule has 0 bridgehead atoms. The van der Waals surface area contributed by atoms with Gasteiger partial charge in [0.05, 0.1) is 6.61 Å². The molecule has 2 rings (SSSR count). The fourth-order valence-electron chi connectivity index (χ4n) is 2.61. The van der Waals surface area contributed by atoms with Crippen LogP contribution < -0.4 is 0 Å². The number of piperidine rings is 1. The molecule has 1 fully saturated rings. The predicted molar refractivity (Wildman–Crippen MR) is 81.1 cm³/mol. The molecule has 110 valence electrons. The van der Waals surface area contributed by atoms with Crippen molar-refractivity contribution >= 4 is 5.78 Å². The molecule has 0 unspecified atom stereocenters. The molecular formula is C17H25NO2. The Labute approximate surface area is 121 Å². The number of carbonyl (C=O) groups is 1. The Morgan fingerprint density at radius 1 is 1.05 bits per heavy atom. The van der Waals surface area contributed by atoms with E-state index in [9.17, 15) is 4.79 Å². The molecule has 3 heteroatoms. The molecule has 0 radical (unpaired) electrons. The molecule has 0 amide bonds. The smallest absolute Gasteiger partial charge is 0.165 e. The van der Waals surface area contributed by atoms with E-state index in [0.717, 1.165) is 25.1 Å². The zero-order valence-electron chi connectivity index (χ0n) is 12.2. The standard InChI is InChI=1S/C17H25NO2/c19-17(16-8-3-1-4-9-16)10-15-20-14-7-13-18-11-5-2-6-12-18/h1,3-4,8-9H,2,5-7,10-15H2. The van der Waals surface area contributed by atoms with Crippen molar-refractivity contribution < 1.29 is 9.53 Å². The summed E-state index contributed by atoms with van der Waals surface area (Å²) < 4.78 is 5.57. The molecule has 1 heterocycles. The first kappa shape index (κ1) is 15.2. The van der Waals surface area contributed by atoms with Gasteiger partial charge in [-0.3, -0.25) is 4.79 Å². The molecule has 20 heavy (non-hydrogen) atoms. The molecule has 1 aliphatic rings. The second-order valence-corrected chi connectivity index (χ2v) is 5.41. The lowest BCUT2D eigenvalue weighted by atomic mass is 10.1. The zero-order valence-corrected chi connectivity index (χ0v) is 12.2. The monoisotopic (exact) mass is 275 g/mol. The molecule has 0 aliphatic carbocycles. The minimum absolute atomic E-state index is 0.168. The number of ketones is 1. The van der Waals surface area contributed by atoms with Gasteiger partial charge in [-0.25, -0.2) is 0 Å². The van der Waals surface area contributed by atoms with Crippen molar-refractivity contribution in [3.05, 3.63) is 35.9 Å². The summed E-state index contributed by atoms with van der Waals surface area (Å²) in [7, 11) is 0. The Kier molecular flexibility index (Phi) is 6.75. The average Bonchev–Trinajstić information content (AvgIpc) is 2.52. The highest BCUT2D eigenvalue weighted by Gasteiger charge is 2.09. The highest BCUT2D eigenvalue weighted by molar-refractivity contribution is 5.96. The number of likely N-dealkylation sites (tertiary alicyclic amines) is 1. The summed E-state index contributed by atoms with van der Waals surface area (Å²) >= 11 is 0. The molecule has 0 saturated carbocycles. The molecule has 1 aromatic rings. The summed E-state index contributed by atoms with van der Waals surface area (Å²) in [4.78, 5) is 14.4. The minimum Gasteiger partial charge on any atom is -0.381 e. The highest BCUT2D eigenvalue weighted by Crippen LogP contribution is 2.08. The van der Waals surface area contributed by atoms with E-state index in [1.807, 2.05) is 30.3 Å². The van der Waals surface area contributed by atoms with Gasteiger partial charge < -0.3 is 9.64 Å². The summed E-state index contributed by atoms with van der Waals surface area (Å²) in [6.45, 7) is 4.91. The van der Waals surface area contributed by atoms with E-state index in [1.165, 1.54) is 32.4 Å². The van der Waals surface area contributed by atoms with Crippen molar-refractivity contribution in [2.45, 2.75) is 32.1 Å². The molecule has 3 nitrogen and oxygen atoms in total. The maximum absolute atomic E-state index is 11.8. The minimum atomic E-state index is 0.168. The van der Waals surface area contributed by atoms with Crippen LogP contribution in [0.2, 0.25) is 0 Å². The van der Waals surface area contributed by atoms with Gasteiger partial charge in [0, 0.05) is 25.1 Å². The normalized spacial score (nSPS) is 16.2. The molecular weight excluding hydrogens is 250 g/mol. The predicted octanol–water partition coefficient (Wildman–Crippen LogP) is 3.15. The van der Waals surface area contributed by atoms with Crippen LogP contribution in [0, 0.1) is 0 Å². The summed E-state index contributed by atoms with van der Waals surface area (Å²) in [6, 6.07) is 9.44. The van der Waals surface area contributed by atoms with Crippen LogP contribution in [-0.2, 0) is 4.74 Å². The van der Waals surface area contributed by atoms with E-state index in [2.05, 4.69) is 4.90 Å². The van der Waals surface area contributed by atoms with Crippen LogP contribution >= 0.6 is 0 Å². The largest absolute Gasteiger partial charge is 0.381 e. The van der Waals surface area contributed by atoms with Gasteiger partial charge in [0.15, 0.2) is 5.78 Å². The summed E-state index contributed by atoms with van der Waals surface area (Å²) in [5.41, 5.74) is 0.782. The Morgan fingerprint density at radius 2 is 1.80 bits per heavy atom. The molecule has 1 aliphatic heterocycles. The van der Waals surface area contributed by atoms with Crippen molar-refractivity contribution in [1.29, 1.82) is 0 Å². The maximum atomic E-state index is 11.8. The lowest BCUT2D eigenvalue weighted by molar-refractivity contribution is 0.0853. The Morgan fingerprint density at radius 3 is 2.55 bits per heavy atom. The van der Waals surface area contributed by atoms with E-state index in [4.69, 9.17) is 4.74 Å². The first-order valence-electron chi connectivity index (χ1n) is 7.74. The topological polar surface area (TPSA) is 29.5 Å². The van der Waals surface area contributed by atoms with E-state index in [-0.39, 0.29) is 5.78 Å². The number of carbonyl (C=O) groups excluding carboxylic acids is 1. The number of ether oxygens (including phenoxy) is 1. The van der Waals surface area contributed by atoms with Crippen molar-refractivity contribution in [3.63, 3.8) is 0 Å². The third-order valence-electron chi connectivity index (χ3n) is 3.78. The van der Waals surface area contributed by atoms with E-state index in [0.29, 0.717) is 13.0 Å². The van der Waals surface area contributed by atoms with Crippen LogP contribution in [-0.4, -0.2) is 43.5 Å². The van der Waals surface area contributed by atoms with Gasteiger partial charge in [0.25, 0.3) is 0 Å². The van der Waals surface area contributed by atoms with Gasteiger partial charge in [0.2, 0.25) is 0 Å². The van der Waals surface area contributed by atoms with Gasteiger partial charge >= 0.3 is 0 Å². The van der Waals surface area contributed by atoms with Crippen LogP contribution in [0.25, 0.3) is 0 Å². The Bertz CT molecular complexity index is 385. The lowest BCUT2D eigenvalue weighted by Gasteiger charge is -2.26. The number of hydrogen-bond acceptors (Lipinski definition) is 3. The number of benzene rings is 1. The Hall–Kier alpha value is -1.19. The summed E-state index contributed by atoms with van der Waals surface area (Å²) in [5.74, 6) is 0.168. The highest BCUT2D eigenvalue weighted by atomic mass is 16.5. The molecule has 1 aromatic carbocycles. The molecule has 0 atom stereocenters. The van der Waals surface area contributed by atoms with Crippen LogP contribution in [0.4, 0.5) is 0 Å². The number of hydrogen-bond donors (Lipinski definition) is 0. The molecule has 0 N–H and O–H groups in total. The lowest BCUT2D eigenvalue weighted by Crippen LogP contribution is -2.31. The van der Waals surface area contributed by atoms with E-state index < -0.39 is 0 Å². The van der Waals surface area contributed by atoms with E-state index >= 15 is 0 Å². The van der Waals surface area contributed by atoms with Gasteiger partial charge in [-0.15, -0.1) is 0 Å². The maximum Gasteiger partial charge on any atom is 0.165 e. The van der Waals surface area contributed by atoms with Crippen molar-refractivity contribution in [3.8, 4) is 0 Å². The SMILES string of the molecule is O=C(CCOCCCN1CCCCC1)c1ccccc1. The van der Waals surface area contributed by atoms with Crippen LogP contribution in [0.15, 0.2) is 30.3 Å². The molecule has 0 aromatic heterocycles. The van der Waals surface area contributed by atoms with Crippen molar-refractivity contribution in [2.75, 3.05) is 32.8 Å². The number of nitrogens with zero attached hydrogens (tertiary/aromatic N) is 1.